The molecule has 1 atom stereocenters. The molecule has 0 saturated carbocycles. The van der Waals surface area contributed by atoms with Crippen LogP contribution in [0.2, 0.25) is 0 Å². The average molecular weight is 367 g/mol. The van der Waals surface area contributed by atoms with E-state index in [0.717, 1.165) is 44.3 Å². The van der Waals surface area contributed by atoms with Crippen molar-refractivity contribution < 1.29 is 9.15 Å². The summed E-state index contributed by atoms with van der Waals surface area (Å²) in [5.41, 5.74) is 1.22. The van der Waals surface area contributed by atoms with Crippen molar-refractivity contribution in [2.24, 2.45) is 10.9 Å². The van der Waals surface area contributed by atoms with Gasteiger partial charge in [0, 0.05) is 38.5 Å². The molecule has 5 heteroatoms. The fourth-order valence-corrected chi connectivity index (χ4v) is 3.24. The maximum Gasteiger partial charge on any atom is 0.194 e. The minimum absolute atomic E-state index is 0.537. The van der Waals surface area contributed by atoms with Crippen LogP contribution in [0.5, 0.6) is 0 Å². The Labute approximate surface area is 161 Å². The van der Waals surface area contributed by atoms with Crippen molar-refractivity contribution in [3.8, 4) is 0 Å². The first-order valence-electron chi connectivity index (χ1n) is 9.63. The molecule has 1 aromatic carbocycles. The van der Waals surface area contributed by atoms with Gasteiger partial charge in [-0.3, -0.25) is 4.99 Å². The number of nitrogens with zero attached hydrogens (tertiary/aromatic N) is 2. The summed E-state index contributed by atoms with van der Waals surface area (Å²) >= 11 is 0. The van der Waals surface area contributed by atoms with Gasteiger partial charge in [-0.2, -0.15) is 0 Å². The highest BCUT2D eigenvalue weighted by atomic mass is 16.5. The van der Waals surface area contributed by atoms with Gasteiger partial charge >= 0.3 is 0 Å². The van der Waals surface area contributed by atoms with Crippen molar-refractivity contribution in [3.63, 3.8) is 0 Å². The van der Waals surface area contributed by atoms with E-state index in [4.69, 9.17) is 14.1 Å². The molecule has 0 amide bonds. The Bertz CT molecular complexity index is 698. The monoisotopic (exact) mass is 367 g/mol. The van der Waals surface area contributed by atoms with Gasteiger partial charge in [-0.1, -0.05) is 36.4 Å². The third-order valence-electron chi connectivity index (χ3n) is 4.65. The molecule has 2 heterocycles. The molecule has 1 fully saturated rings. The summed E-state index contributed by atoms with van der Waals surface area (Å²) in [6.45, 7) is 8.65. The van der Waals surface area contributed by atoms with E-state index in [-0.39, 0.29) is 0 Å². The van der Waals surface area contributed by atoms with E-state index in [9.17, 15) is 0 Å². The van der Waals surface area contributed by atoms with Gasteiger partial charge in [-0.15, -0.1) is 6.58 Å². The SMILES string of the molecule is C=CCNC(=NCCc1ccco1)N1CCC(COCc2ccccc2)C1. The summed E-state index contributed by atoms with van der Waals surface area (Å²) in [4.78, 5) is 7.08. The summed E-state index contributed by atoms with van der Waals surface area (Å²) in [5, 5.41) is 3.38. The van der Waals surface area contributed by atoms with E-state index < -0.39 is 0 Å². The highest BCUT2D eigenvalue weighted by molar-refractivity contribution is 5.80. The van der Waals surface area contributed by atoms with Crippen LogP contribution in [0.4, 0.5) is 0 Å². The van der Waals surface area contributed by atoms with E-state index in [0.29, 0.717) is 25.6 Å². The maximum absolute atomic E-state index is 5.93. The Kier molecular flexibility index (Phi) is 7.54. The topological polar surface area (TPSA) is 50.0 Å². The average Bonchev–Trinajstić information content (AvgIpc) is 3.37. The lowest BCUT2D eigenvalue weighted by Crippen LogP contribution is -2.40. The van der Waals surface area contributed by atoms with E-state index in [1.165, 1.54) is 5.56 Å². The number of hydrogen-bond donors (Lipinski definition) is 1. The Morgan fingerprint density at radius 3 is 2.96 bits per heavy atom. The predicted molar refractivity (Wildman–Crippen MR) is 109 cm³/mol. The van der Waals surface area contributed by atoms with Crippen LogP contribution in [0.25, 0.3) is 0 Å². The van der Waals surface area contributed by atoms with Crippen LogP contribution in [0.3, 0.4) is 0 Å². The molecular weight excluding hydrogens is 338 g/mol. The molecule has 0 radical (unpaired) electrons. The standard InChI is InChI=1S/C22H29N3O2/c1-2-12-23-22(24-13-10-21-9-6-15-27-21)25-14-11-20(16-25)18-26-17-19-7-4-3-5-8-19/h2-9,15,20H,1,10-14,16-18H2,(H,23,24). The quantitative estimate of drug-likeness (QED) is 0.419. The molecule has 0 bridgehead atoms. The molecule has 1 N–H and O–H groups in total. The van der Waals surface area contributed by atoms with E-state index in [2.05, 4.69) is 28.9 Å². The van der Waals surface area contributed by atoms with Crippen molar-refractivity contribution in [2.45, 2.75) is 19.4 Å². The first kappa shape index (κ1) is 19.2. The maximum atomic E-state index is 5.93. The van der Waals surface area contributed by atoms with Gasteiger partial charge in [-0.05, 0) is 24.1 Å². The zero-order valence-corrected chi connectivity index (χ0v) is 15.8. The van der Waals surface area contributed by atoms with Gasteiger partial charge in [0.25, 0.3) is 0 Å². The highest BCUT2D eigenvalue weighted by Crippen LogP contribution is 2.17. The van der Waals surface area contributed by atoms with E-state index in [1.54, 1.807) is 6.26 Å². The minimum Gasteiger partial charge on any atom is -0.469 e. The fraction of sp³-hybridized carbons (Fsp3) is 0.409. The van der Waals surface area contributed by atoms with Crippen LogP contribution >= 0.6 is 0 Å². The van der Waals surface area contributed by atoms with Gasteiger partial charge in [0.05, 0.1) is 19.5 Å². The zero-order chi connectivity index (χ0) is 18.7. The van der Waals surface area contributed by atoms with Crippen molar-refractivity contribution in [3.05, 3.63) is 72.7 Å². The van der Waals surface area contributed by atoms with Gasteiger partial charge in [0.15, 0.2) is 5.96 Å². The number of aliphatic imine (C=N–C) groups is 1. The molecule has 3 rings (SSSR count). The highest BCUT2D eigenvalue weighted by Gasteiger charge is 2.25. The Morgan fingerprint density at radius 2 is 2.19 bits per heavy atom. The van der Waals surface area contributed by atoms with Crippen LogP contribution in [0, 0.1) is 5.92 Å². The third-order valence-corrected chi connectivity index (χ3v) is 4.65. The molecule has 1 aromatic heterocycles. The number of furan rings is 1. The van der Waals surface area contributed by atoms with Crippen LogP contribution in [-0.2, 0) is 17.8 Å². The largest absolute Gasteiger partial charge is 0.469 e. The molecule has 1 unspecified atom stereocenters. The van der Waals surface area contributed by atoms with Crippen molar-refractivity contribution in [1.82, 2.24) is 10.2 Å². The number of hydrogen-bond acceptors (Lipinski definition) is 3. The van der Waals surface area contributed by atoms with Crippen molar-refractivity contribution in [1.29, 1.82) is 0 Å². The molecule has 1 aliphatic heterocycles. The third kappa shape index (κ3) is 6.29. The zero-order valence-electron chi connectivity index (χ0n) is 15.8. The molecule has 5 nitrogen and oxygen atoms in total. The number of ether oxygens (including phenoxy) is 1. The molecule has 1 aliphatic rings. The summed E-state index contributed by atoms with van der Waals surface area (Å²) in [6.07, 6.45) is 5.50. The lowest BCUT2D eigenvalue weighted by atomic mass is 10.1. The van der Waals surface area contributed by atoms with Gasteiger partial charge < -0.3 is 19.4 Å². The van der Waals surface area contributed by atoms with Crippen LogP contribution in [-0.4, -0.2) is 43.6 Å². The van der Waals surface area contributed by atoms with Crippen LogP contribution < -0.4 is 5.32 Å². The van der Waals surface area contributed by atoms with E-state index in [1.807, 2.05) is 36.4 Å². The first-order chi connectivity index (χ1) is 13.3. The molecule has 0 aliphatic carbocycles. The second-order valence-corrected chi connectivity index (χ2v) is 6.81. The Morgan fingerprint density at radius 1 is 1.30 bits per heavy atom. The molecule has 0 spiro atoms. The summed E-state index contributed by atoms with van der Waals surface area (Å²) in [7, 11) is 0. The summed E-state index contributed by atoms with van der Waals surface area (Å²) in [6, 6.07) is 14.2. The second-order valence-electron chi connectivity index (χ2n) is 6.81. The fourth-order valence-electron chi connectivity index (χ4n) is 3.24. The summed E-state index contributed by atoms with van der Waals surface area (Å²) in [5.74, 6) is 2.46. The Hall–Kier alpha value is -2.53. The number of rotatable bonds is 9. The number of benzene rings is 1. The van der Waals surface area contributed by atoms with Crippen molar-refractivity contribution in [2.75, 3.05) is 32.8 Å². The number of nitrogens with one attached hydrogen (secondary N) is 1. The number of guanidine groups is 1. The predicted octanol–water partition coefficient (Wildman–Crippen LogP) is 3.49. The number of likely N-dealkylation sites (tertiary alicyclic amines) is 1. The minimum atomic E-state index is 0.537. The van der Waals surface area contributed by atoms with Crippen molar-refractivity contribution >= 4 is 5.96 Å². The molecule has 1 saturated heterocycles. The smallest absolute Gasteiger partial charge is 0.194 e. The molecule has 2 aromatic rings. The van der Waals surface area contributed by atoms with E-state index >= 15 is 0 Å². The lowest BCUT2D eigenvalue weighted by Gasteiger charge is -2.21. The first-order valence-corrected chi connectivity index (χ1v) is 9.63. The summed E-state index contributed by atoms with van der Waals surface area (Å²) < 4.78 is 11.3. The van der Waals surface area contributed by atoms with Gasteiger partial charge in [0.1, 0.15) is 5.76 Å². The van der Waals surface area contributed by atoms with Crippen LogP contribution in [0.1, 0.15) is 17.7 Å². The molecule has 27 heavy (non-hydrogen) atoms. The van der Waals surface area contributed by atoms with Gasteiger partial charge in [0.2, 0.25) is 0 Å². The lowest BCUT2D eigenvalue weighted by molar-refractivity contribution is 0.0907. The van der Waals surface area contributed by atoms with Gasteiger partial charge in [-0.25, -0.2) is 0 Å². The normalized spacial score (nSPS) is 17.3. The molecular formula is C22H29N3O2. The van der Waals surface area contributed by atoms with Crippen LogP contribution in [0.15, 0.2) is 70.8 Å². The molecule has 144 valence electrons. The Balaban J connectivity index is 1.45. The second kappa shape index (κ2) is 10.6.